The Bertz CT molecular complexity index is 644. The number of aliphatic hydroxyl groups is 1. The van der Waals surface area contributed by atoms with E-state index >= 15 is 0 Å². The molecule has 0 bridgehead atoms. The number of hydrogen-bond acceptors (Lipinski definition) is 3. The minimum absolute atomic E-state index is 0.0693. The van der Waals surface area contributed by atoms with Gasteiger partial charge in [-0.05, 0) is 18.2 Å². The van der Waals surface area contributed by atoms with Crippen molar-refractivity contribution in [2.75, 3.05) is 26.8 Å². The molecule has 1 aliphatic heterocycles. The number of carbonyl (C=O) groups is 1. The van der Waals surface area contributed by atoms with E-state index < -0.39 is 5.60 Å². The van der Waals surface area contributed by atoms with Gasteiger partial charge in [0, 0.05) is 62.3 Å². The van der Waals surface area contributed by atoms with Gasteiger partial charge in [0.2, 0.25) is 0 Å². The van der Waals surface area contributed by atoms with Crippen LogP contribution in [-0.4, -0.2) is 53.3 Å². The maximum atomic E-state index is 12.6. The topological polar surface area (TPSA) is 65.6 Å². The van der Waals surface area contributed by atoms with Crippen molar-refractivity contribution in [3.8, 4) is 0 Å². The van der Waals surface area contributed by atoms with Crippen molar-refractivity contribution in [3.63, 3.8) is 0 Å². The van der Waals surface area contributed by atoms with E-state index in [9.17, 15) is 9.90 Å². The summed E-state index contributed by atoms with van der Waals surface area (Å²) < 4.78 is 5.27. The third-order valence-electron chi connectivity index (χ3n) is 4.13. The third kappa shape index (κ3) is 2.80. The SMILES string of the molecule is CN(CC1(O)CCOCC1)C(=O)c1cccc2[nH]ccc12. The third-order valence-corrected chi connectivity index (χ3v) is 4.13. The predicted molar refractivity (Wildman–Crippen MR) is 80.3 cm³/mol. The highest BCUT2D eigenvalue weighted by Gasteiger charge is 2.32. The van der Waals surface area contributed by atoms with Gasteiger partial charge in [0.1, 0.15) is 0 Å². The second-order valence-electron chi connectivity index (χ2n) is 5.74. The molecule has 1 aliphatic rings. The average Bonchev–Trinajstić information content (AvgIpc) is 2.95. The van der Waals surface area contributed by atoms with Gasteiger partial charge in [-0.1, -0.05) is 6.07 Å². The zero-order valence-electron chi connectivity index (χ0n) is 12.1. The van der Waals surface area contributed by atoms with Crippen LogP contribution in [0, 0.1) is 0 Å². The average molecular weight is 288 g/mol. The van der Waals surface area contributed by atoms with Gasteiger partial charge in [0.25, 0.3) is 5.91 Å². The highest BCUT2D eigenvalue weighted by Crippen LogP contribution is 2.23. The van der Waals surface area contributed by atoms with Crippen LogP contribution in [0.4, 0.5) is 0 Å². The molecule has 5 nitrogen and oxygen atoms in total. The van der Waals surface area contributed by atoms with E-state index in [0.717, 1.165) is 10.9 Å². The molecule has 0 unspecified atom stereocenters. The fourth-order valence-electron chi connectivity index (χ4n) is 2.90. The van der Waals surface area contributed by atoms with Gasteiger partial charge < -0.3 is 19.7 Å². The van der Waals surface area contributed by atoms with Gasteiger partial charge in [0.15, 0.2) is 0 Å². The number of H-pyrrole nitrogens is 1. The summed E-state index contributed by atoms with van der Waals surface area (Å²) in [5.41, 5.74) is 0.764. The second kappa shape index (κ2) is 5.50. The summed E-state index contributed by atoms with van der Waals surface area (Å²) >= 11 is 0. The Labute approximate surface area is 123 Å². The summed E-state index contributed by atoms with van der Waals surface area (Å²) in [6.07, 6.45) is 2.96. The van der Waals surface area contributed by atoms with E-state index in [1.165, 1.54) is 0 Å². The Hall–Kier alpha value is -1.85. The number of likely N-dealkylation sites (N-methyl/N-ethyl adjacent to an activating group) is 1. The first-order valence-corrected chi connectivity index (χ1v) is 7.21. The summed E-state index contributed by atoms with van der Waals surface area (Å²) in [4.78, 5) is 17.4. The van der Waals surface area contributed by atoms with Crippen LogP contribution in [0.2, 0.25) is 0 Å². The molecule has 112 valence electrons. The van der Waals surface area contributed by atoms with Gasteiger partial charge in [0.05, 0.1) is 5.60 Å². The van der Waals surface area contributed by atoms with E-state index in [2.05, 4.69) is 4.98 Å². The fourth-order valence-corrected chi connectivity index (χ4v) is 2.90. The molecule has 2 N–H and O–H groups in total. The van der Waals surface area contributed by atoms with Crippen molar-refractivity contribution in [2.45, 2.75) is 18.4 Å². The molecule has 0 atom stereocenters. The number of fused-ring (bicyclic) bond motifs is 1. The number of aromatic nitrogens is 1. The lowest BCUT2D eigenvalue weighted by Crippen LogP contribution is -2.47. The maximum Gasteiger partial charge on any atom is 0.254 e. The Morgan fingerprint density at radius 2 is 2.14 bits per heavy atom. The normalized spacial score (nSPS) is 17.8. The summed E-state index contributed by atoms with van der Waals surface area (Å²) in [6.45, 7) is 1.42. The Kier molecular flexibility index (Phi) is 3.69. The first kappa shape index (κ1) is 14.1. The van der Waals surface area contributed by atoms with E-state index in [0.29, 0.717) is 38.2 Å². The molecule has 1 saturated heterocycles. The molecule has 5 heteroatoms. The number of ether oxygens (including phenoxy) is 1. The lowest BCUT2D eigenvalue weighted by Gasteiger charge is -2.35. The standard InChI is InChI=1S/C16H20N2O3/c1-18(11-16(20)6-9-21-10-7-16)15(19)13-3-2-4-14-12(13)5-8-17-14/h2-5,8,17,20H,6-7,9-11H2,1H3. The summed E-state index contributed by atoms with van der Waals surface area (Å²) in [7, 11) is 1.74. The van der Waals surface area contributed by atoms with Crippen molar-refractivity contribution < 1.29 is 14.6 Å². The summed E-state index contributed by atoms with van der Waals surface area (Å²) in [5.74, 6) is -0.0693. The Morgan fingerprint density at radius 3 is 2.90 bits per heavy atom. The smallest absolute Gasteiger partial charge is 0.254 e. The van der Waals surface area contributed by atoms with Gasteiger partial charge in [-0.25, -0.2) is 0 Å². The van der Waals surface area contributed by atoms with Gasteiger partial charge >= 0.3 is 0 Å². The Morgan fingerprint density at radius 1 is 1.38 bits per heavy atom. The number of amides is 1. The van der Waals surface area contributed by atoms with Crippen LogP contribution in [0.3, 0.4) is 0 Å². The number of benzene rings is 1. The quantitative estimate of drug-likeness (QED) is 0.905. The van der Waals surface area contributed by atoms with Gasteiger partial charge in [-0.15, -0.1) is 0 Å². The Balaban J connectivity index is 1.79. The van der Waals surface area contributed by atoms with Crippen molar-refractivity contribution >= 4 is 16.8 Å². The predicted octanol–water partition coefficient (Wildman–Crippen LogP) is 1.78. The highest BCUT2D eigenvalue weighted by atomic mass is 16.5. The monoisotopic (exact) mass is 288 g/mol. The van der Waals surface area contributed by atoms with Crippen LogP contribution in [0.5, 0.6) is 0 Å². The molecule has 2 aromatic rings. The number of aromatic amines is 1. The lowest BCUT2D eigenvalue weighted by molar-refractivity contribution is -0.0734. The van der Waals surface area contributed by atoms with Crippen LogP contribution in [0.1, 0.15) is 23.2 Å². The highest BCUT2D eigenvalue weighted by molar-refractivity contribution is 6.06. The van der Waals surface area contributed by atoms with Crippen LogP contribution in [0.25, 0.3) is 10.9 Å². The largest absolute Gasteiger partial charge is 0.388 e. The molecule has 2 heterocycles. The molecule has 1 aromatic carbocycles. The molecule has 0 spiro atoms. The van der Waals surface area contributed by atoms with Crippen LogP contribution in [-0.2, 0) is 4.74 Å². The minimum Gasteiger partial charge on any atom is -0.388 e. The molecule has 3 rings (SSSR count). The molecule has 21 heavy (non-hydrogen) atoms. The zero-order chi connectivity index (χ0) is 14.9. The van der Waals surface area contributed by atoms with Crippen molar-refractivity contribution in [3.05, 3.63) is 36.0 Å². The molecule has 1 aromatic heterocycles. The van der Waals surface area contributed by atoms with Gasteiger partial charge in [-0.3, -0.25) is 4.79 Å². The van der Waals surface area contributed by atoms with E-state index in [1.807, 2.05) is 30.5 Å². The number of carbonyl (C=O) groups excluding carboxylic acids is 1. The molecular formula is C16H20N2O3. The molecule has 1 amide bonds. The van der Waals surface area contributed by atoms with Crippen LogP contribution in [0.15, 0.2) is 30.5 Å². The number of nitrogens with one attached hydrogen (secondary N) is 1. The number of rotatable bonds is 3. The molecule has 0 radical (unpaired) electrons. The number of hydrogen-bond donors (Lipinski definition) is 2. The number of nitrogens with zero attached hydrogens (tertiary/aromatic N) is 1. The van der Waals surface area contributed by atoms with Crippen molar-refractivity contribution in [2.24, 2.45) is 0 Å². The second-order valence-corrected chi connectivity index (χ2v) is 5.74. The van der Waals surface area contributed by atoms with E-state index in [-0.39, 0.29) is 5.91 Å². The molecule has 0 aliphatic carbocycles. The van der Waals surface area contributed by atoms with Crippen molar-refractivity contribution in [1.29, 1.82) is 0 Å². The zero-order valence-corrected chi connectivity index (χ0v) is 12.1. The summed E-state index contributed by atoms with van der Waals surface area (Å²) in [6, 6.07) is 7.53. The lowest BCUT2D eigenvalue weighted by atomic mass is 9.93. The first-order valence-electron chi connectivity index (χ1n) is 7.21. The first-order chi connectivity index (χ1) is 10.1. The maximum absolute atomic E-state index is 12.6. The van der Waals surface area contributed by atoms with Crippen LogP contribution < -0.4 is 0 Å². The molecule has 1 fully saturated rings. The van der Waals surface area contributed by atoms with Gasteiger partial charge in [-0.2, -0.15) is 0 Å². The molecule has 0 saturated carbocycles. The van der Waals surface area contributed by atoms with E-state index in [1.54, 1.807) is 11.9 Å². The molecular weight excluding hydrogens is 268 g/mol. The van der Waals surface area contributed by atoms with Crippen LogP contribution >= 0.6 is 0 Å². The van der Waals surface area contributed by atoms with Crippen molar-refractivity contribution in [1.82, 2.24) is 9.88 Å². The minimum atomic E-state index is -0.839. The fraction of sp³-hybridized carbons (Fsp3) is 0.438. The summed E-state index contributed by atoms with van der Waals surface area (Å²) in [5, 5.41) is 11.4. The van der Waals surface area contributed by atoms with E-state index in [4.69, 9.17) is 4.74 Å².